The SMILES string of the molecule is COCC(C)n1c(SCC2(O)CCCOC2)nc2ccccc2c1=O. The molecule has 25 heavy (non-hydrogen) atoms. The highest BCUT2D eigenvalue weighted by Crippen LogP contribution is 2.28. The lowest BCUT2D eigenvalue weighted by atomic mass is 9.99. The Morgan fingerprint density at radius 3 is 3.00 bits per heavy atom. The van der Waals surface area contributed by atoms with Gasteiger partial charge in [0.05, 0.1) is 35.8 Å². The first-order chi connectivity index (χ1) is 12.0. The van der Waals surface area contributed by atoms with Crippen molar-refractivity contribution in [2.24, 2.45) is 0 Å². The van der Waals surface area contributed by atoms with Crippen LogP contribution < -0.4 is 5.56 Å². The summed E-state index contributed by atoms with van der Waals surface area (Å²) in [7, 11) is 1.62. The molecule has 1 fully saturated rings. The first kappa shape index (κ1) is 18.4. The van der Waals surface area contributed by atoms with Crippen molar-refractivity contribution < 1.29 is 14.6 Å². The number of para-hydroxylation sites is 1. The summed E-state index contributed by atoms with van der Waals surface area (Å²) in [6.07, 6.45) is 1.54. The fourth-order valence-corrected chi connectivity index (χ4v) is 4.27. The molecule has 3 rings (SSSR count). The minimum atomic E-state index is -0.873. The number of methoxy groups -OCH3 is 1. The van der Waals surface area contributed by atoms with Gasteiger partial charge >= 0.3 is 0 Å². The summed E-state index contributed by atoms with van der Waals surface area (Å²) in [5.74, 6) is 0.442. The van der Waals surface area contributed by atoms with Crippen LogP contribution >= 0.6 is 11.8 Å². The van der Waals surface area contributed by atoms with E-state index in [1.807, 2.05) is 25.1 Å². The van der Waals surface area contributed by atoms with Gasteiger partial charge in [0.25, 0.3) is 5.56 Å². The van der Waals surface area contributed by atoms with Crippen molar-refractivity contribution in [2.45, 2.75) is 36.6 Å². The van der Waals surface area contributed by atoms with Gasteiger partial charge in [0.1, 0.15) is 0 Å². The summed E-state index contributed by atoms with van der Waals surface area (Å²) < 4.78 is 12.3. The van der Waals surface area contributed by atoms with Crippen LogP contribution in [0.3, 0.4) is 0 Å². The lowest BCUT2D eigenvalue weighted by Crippen LogP contribution is -2.41. The van der Waals surface area contributed by atoms with E-state index in [1.165, 1.54) is 11.8 Å². The number of hydrogen-bond donors (Lipinski definition) is 1. The molecule has 0 aliphatic carbocycles. The third-order valence-corrected chi connectivity index (χ3v) is 5.62. The molecule has 136 valence electrons. The maximum atomic E-state index is 13.0. The molecule has 2 aromatic rings. The minimum Gasteiger partial charge on any atom is -0.387 e. The summed E-state index contributed by atoms with van der Waals surface area (Å²) >= 11 is 1.40. The van der Waals surface area contributed by atoms with Gasteiger partial charge in [-0.1, -0.05) is 23.9 Å². The Hall–Kier alpha value is -1.41. The van der Waals surface area contributed by atoms with Crippen LogP contribution in [0.4, 0.5) is 0 Å². The maximum absolute atomic E-state index is 13.0. The van der Waals surface area contributed by atoms with Crippen molar-refractivity contribution in [1.29, 1.82) is 0 Å². The number of aromatic nitrogens is 2. The van der Waals surface area contributed by atoms with Crippen LogP contribution in [0.1, 0.15) is 25.8 Å². The molecule has 0 radical (unpaired) electrons. The van der Waals surface area contributed by atoms with Gasteiger partial charge in [-0.3, -0.25) is 9.36 Å². The van der Waals surface area contributed by atoms with E-state index in [0.29, 0.717) is 48.1 Å². The van der Waals surface area contributed by atoms with E-state index in [2.05, 4.69) is 4.98 Å². The molecule has 0 amide bonds. The van der Waals surface area contributed by atoms with E-state index in [0.717, 1.165) is 6.42 Å². The number of ether oxygens (including phenoxy) is 2. The van der Waals surface area contributed by atoms with Crippen molar-refractivity contribution in [2.75, 3.05) is 32.7 Å². The van der Waals surface area contributed by atoms with Crippen LogP contribution in [0.5, 0.6) is 0 Å². The average molecular weight is 364 g/mol. The first-order valence-corrected chi connectivity index (χ1v) is 9.46. The molecule has 1 N–H and O–H groups in total. The third kappa shape index (κ3) is 4.06. The molecule has 1 aliphatic heterocycles. The molecule has 2 heterocycles. The van der Waals surface area contributed by atoms with Crippen molar-refractivity contribution in [3.8, 4) is 0 Å². The van der Waals surface area contributed by atoms with Crippen LogP contribution in [-0.4, -0.2) is 52.9 Å². The summed E-state index contributed by atoms with van der Waals surface area (Å²) in [6.45, 7) is 3.37. The first-order valence-electron chi connectivity index (χ1n) is 8.47. The molecule has 2 unspecified atom stereocenters. The minimum absolute atomic E-state index is 0.0791. The number of hydrogen-bond acceptors (Lipinski definition) is 6. The smallest absolute Gasteiger partial charge is 0.262 e. The third-order valence-electron chi connectivity index (χ3n) is 4.40. The maximum Gasteiger partial charge on any atom is 0.262 e. The molecule has 1 aromatic carbocycles. The van der Waals surface area contributed by atoms with E-state index >= 15 is 0 Å². The number of aliphatic hydroxyl groups is 1. The molecular formula is C18H24N2O4S. The zero-order valence-corrected chi connectivity index (χ0v) is 15.4. The molecular weight excluding hydrogens is 340 g/mol. The Balaban J connectivity index is 1.96. The number of fused-ring (bicyclic) bond motifs is 1. The summed E-state index contributed by atoms with van der Waals surface area (Å²) in [4.78, 5) is 17.6. The highest BCUT2D eigenvalue weighted by atomic mass is 32.2. The van der Waals surface area contributed by atoms with E-state index < -0.39 is 5.60 Å². The highest BCUT2D eigenvalue weighted by molar-refractivity contribution is 7.99. The van der Waals surface area contributed by atoms with Crippen LogP contribution in [0, 0.1) is 0 Å². The zero-order valence-electron chi connectivity index (χ0n) is 14.6. The van der Waals surface area contributed by atoms with Gasteiger partial charge in [0, 0.05) is 19.5 Å². The van der Waals surface area contributed by atoms with Gasteiger partial charge < -0.3 is 14.6 Å². The summed E-state index contributed by atoms with van der Waals surface area (Å²) in [6, 6.07) is 7.19. The number of nitrogens with zero attached hydrogens (tertiary/aromatic N) is 2. The van der Waals surface area contributed by atoms with E-state index in [-0.39, 0.29) is 11.6 Å². The van der Waals surface area contributed by atoms with E-state index in [9.17, 15) is 9.90 Å². The van der Waals surface area contributed by atoms with Gasteiger partial charge in [-0.2, -0.15) is 0 Å². The Morgan fingerprint density at radius 1 is 1.48 bits per heavy atom. The van der Waals surface area contributed by atoms with Crippen molar-refractivity contribution >= 4 is 22.7 Å². The molecule has 1 aromatic heterocycles. The second kappa shape index (κ2) is 7.86. The largest absolute Gasteiger partial charge is 0.387 e. The lowest BCUT2D eigenvalue weighted by Gasteiger charge is -2.31. The van der Waals surface area contributed by atoms with Gasteiger partial charge in [-0.05, 0) is 31.9 Å². The molecule has 7 heteroatoms. The highest BCUT2D eigenvalue weighted by Gasteiger charge is 2.31. The van der Waals surface area contributed by atoms with Crippen molar-refractivity contribution in [1.82, 2.24) is 9.55 Å². The Kier molecular flexibility index (Phi) is 5.78. The molecule has 6 nitrogen and oxygen atoms in total. The Bertz CT molecular complexity index is 786. The number of rotatable bonds is 6. The molecule has 0 saturated carbocycles. The van der Waals surface area contributed by atoms with Gasteiger partial charge in [-0.25, -0.2) is 4.98 Å². The number of benzene rings is 1. The van der Waals surface area contributed by atoms with Gasteiger partial charge in [-0.15, -0.1) is 0 Å². The van der Waals surface area contributed by atoms with Gasteiger partial charge in [0.15, 0.2) is 5.16 Å². The lowest BCUT2D eigenvalue weighted by molar-refractivity contribution is -0.0698. The fourth-order valence-electron chi connectivity index (χ4n) is 3.08. The van der Waals surface area contributed by atoms with E-state index in [1.54, 1.807) is 17.7 Å². The predicted molar refractivity (Wildman–Crippen MR) is 98.3 cm³/mol. The second-order valence-corrected chi connectivity index (χ2v) is 7.50. The van der Waals surface area contributed by atoms with Gasteiger partial charge in [0.2, 0.25) is 0 Å². The molecule has 0 spiro atoms. The Morgan fingerprint density at radius 2 is 2.28 bits per heavy atom. The standard InChI is InChI=1S/C18H24N2O4S/c1-13(10-23-2)20-16(21)14-6-3-4-7-15(14)19-17(20)25-12-18(22)8-5-9-24-11-18/h3-4,6-7,13,22H,5,8-12H2,1-2H3. The topological polar surface area (TPSA) is 73.6 Å². The summed E-state index contributed by atoms with van der Waals surface area (Å²) in [5, 5.41) is 11.9. The molecule has 1 aliphatic rings. The van der Waals surface area contributed by atoms with Crippen LogP contribution in [0.15, 0.2) is 34.2 Å². The van der Waals surface area contributed by atoms with E-state index in [4.69, 9.17) is 9.47 Å². The zero-order chi connectivity index (χ0) is 17.9. The average Bonchev–Trinajstić information content (AvgIpc) is 2.61. The molecule has 2 atom stereocenters. The normalized spacial score (nSPS) is 22.2. The predicted octanol–water partition coefficient (Wildman–Crippen LogP) is 2.24. The Labute approximate surface area is 151 Å². The van der Waals surface area contributed by atoms with Crippen LogP contribution in [-0.2, 0) is 9.47 Å². The van der Waals surface area contributed by atoms with Crippen LogP contribution in [0.2, 0.25) is 0 Å². The summed E-state index contributed by atoms with van der Waals surface area (Å²) in [5.41, 5.74) is -0.283. The quantitative estimate of drug-likeness (QED) is 0.626. The molecule has 0 bridgehead atoms. The van der Waals surface area contributed by atoms with Crippen molar-refractivity contribution in [3.05, 3.63) is 34.6 Å². The molecule has 1 saturated heterocycles. The second-order valence-electron chi connectivity index (χ2n) is 6.56. The van der Waals surface area contributed by atoms with Crippen LogP contribution in [0.25, 0.3) is 10.9 Å². The van der Waals surface area contributed by atoms with Crippen molar-refractivity contribution in [3.63, 3.8) is 0 Å². The fraction of sp³-hybridized carbons (Fsp3) is 0.556. The number of thioether (sulfide) groups is 1. The monoisotopic (exact) mass is 364 g/mol.